The number of halogens is 1. The van der Waals surface area contributed by atoms with Crippen molar-refractivity contribution in [1.82, 2.24) is 10.6 Å². The van der Waals surface area contributed by atoms with Crippen LogP contribution in [-0.2, 0) is 0 Å². The Kier molecular flexibility index (Phi) is 4.38. The van der Waals surface area contributed by atoms with Crippen molar-refractivity contribution in [3.05, 3.63) is 23.2 Å². The third-order valence-corrected chi connectivity index (χ3v) is 2.66. The maximum absolute atomic E-state index is 11.7. The van der Waals surface area contributed by atoms with Crippen molar-refractivity contribution in [3.8, 4) is 0 Å². The lowest BCUT2D eigenvalue weighted by molar-refractivity contribution is 0.0912. The Balaban J connectivity index is 0.00000128. The van der Waals surface area contributed by atoms with Gasteiger partial charge in [-0.15, -0.1) is 12.4 Å². The predicted octanol–water partition coefficient (Wildman–Crippen LogP) is 1.27. The van der Waals surface area contributed by atoms with Crippen LogP contribution >= 0.6 is 12.4 Å². The summed E-state index contributed by atoms with van der Waals surface area (Å²) in [7, 11) is 0. The molecule has 0 saturated carbocycles. The van der Waals surface area contributed by atoms with Gasteiger partial charge in [0.25, 0.3) is 5.91 Å². The Hall–Kier alpha value is -1.00. The summed E-state index contributed by atoms with van der Waals surface area (Å²) >= 11 is 0. The average Bonchev–Trinajstić information content (AvgIpc) is 2.42. The number of rotatable bonds is 3. The molecule has 0 spiro atoms. The number of carbonyl (C=O) groups excluding carboxylic acids is 1. The van der Waals surface area contributed by atoms with Crippen LogP contribution in [0.25, 0.3) is 0 Å². The second-order valence-corrected chi connectivity index (χ2v) is 4.10. The van der Waals surface area contributed by atoms with E-state index in [1.165, 1.54) is 0 Å². The lowest BCUT2D eigenvalue weighted by Crippen LogP contribution is -2.48. The van der Waals surface area contributed by atoms with Crippen LogP contribution < -0.4 is 10.6 Å². The van der Waals surface area contributed by atoms with Gasteiger partial charge in [-0.2, -0.15) is 0 Å². The summed E-state index contributed by atoms with van der Waals surface area (Å²) in [5, 5.41) is 6.05. The first-order chi connectivity index (χ1) is 7.16. The molecule has 0 atom stereocenters. The fourth-order valence-corrected chi connectivity index (χ4v) is 1.68. The molecule has 1 aliphatic rings. The highest BCUT2D eigenvalue weighted by molar-refractivity contribution is 5.92. The number of carbonyl (C=O) groups is 1. The molecular formula is C11H17ClN2O2. The van der Waals surface area contributed by atoms with Crippen molar-refractivity contribution < 1.29 is 9.21 Å². The largest absolute Gasteiger partial charge is 0.456 e. The Morgan fingerprint density at radius 3 is 2.69 bits per heavy atom. The Labute approximate surface area is 101 Å². The lowest BCUT2D eigenvalue weighted by Gasteiger charge is -2.26. The smallest absolute Gasteiger partial charge is 0.287 e. The molecule has 2 rings (SSSR count). The molecule has 16 heavy (non-hydrogen) atoms. The molecule has 0 bridgehead atoms. The normalized spacial score (nSPS) is 15.1. The van der Waals surface area contributed by atoms with Crippen LogP contribution in [0.4, 0.5) is 0 Å². The second-order valence-electron chi connectivity index (χ2n) is 4.10. The molecule has 0 unspecified atom stereocenters. The van der Waals surface area contributed by atoms with Gasteiger partial charge >= 0.3 is 0 Å². The zero-order valence-corrected chi connectivity index (χ0v) is 10.3. The van der Waals surface area contributed by atoms with Crippen LogP contribution in [0.2, 0.25) is 0 Å². The molecule has 5 heteroatoms. The number of aryl methyl sites for hydroxylation is 2. The van der Waals surface area contributed by atoms with Crippen molar-refractivity contribution >= 4 is 18.3 Å². The topological polar surface area (TPSA) is 54.3 Å². The van der Waals surface area contributed by atoms with E-state index < -0.39 is 0 Å². The molecule has 0 aromatic carbocycles. The summed E-state index contributed by atoms with van der Waals surface area (Å²) in [4.78, 5) is 11.7. The van der Waals surface area contributed by atoms with Gasteiger partial charge in [-0.3, -0.25) is 4.79 Å². The van der Waals surface area contributed by atoms with E-state index >= 15 is 0 Å². The maximum atomic E-state index is 11.7. The second kappa shape index (κ2) is 5.37. The fourth-order valence-electron chi connectivity index (χ4n) is 1.68. The van der Waals surface area contributed by atoms with Crippen molar-refractivity contribution in [2.75, 3.05) is 19.6 Å². The number of furan rings is 1. The minimum absolute atomic E-state index is 0. The number of nitrogens with one attached hydrogen (secondary N) is 2. The van der Waals surface area contributed by atoms with Crippen molar-refractivity contribution in [1.29, 1.82) is 0 Å². The van der Waals surface area contributed by atoms with Gasteiger partial charge in [0.1, 0.15) is 5.76 Å². The van der Waals surface area contributed by atoms with Crippen molar-refractivity contribution in [3.63, 3.8) is 0 Å². The highest BCUT2D eigenvalue weighted by Crippen LogP contribution is 2.13. The van der Waals surface area contributed by atoms with Gasteiger partial charge < -0.3 is 15.1 Å². The summed E-state index contributed by atoms with van der Waals surface area (Å²) in [5.74, 6) is 1.69. The van der Waals surface area contributed by atoms with Crippen LogP contribution in [0.3, 0.4) is 0 Å². The van der Waals surface area contributed by atoms with Gasteiger partial charge in [0.05, 0.1) is 0 Å². The number of amides is 1. The van der Waals surface area contributed by atoms with E-state index in [1.807, 2.05) is 19.9 Å². The molecule has 2 heterocycles. The van der Waals surface area contributed by atoms with E-state index in [0.29, 0.717) is 11.7 Å². The SMILES string of the molecule is Cc1cc(C)c(C(=O)NCC2CNC2)o1.Cl. The van der Waals surface area contributed by atoms with E-state index in [0.717, 1.165) is 31.0 Å². The molecule has 90 valence electrons. The average molecular weight is 245 g/mol. The molecule has 1 aromatic rings. The van der Waals surface area contributed by atoms with Crippen LogP contribution in [0.5, 0.6) is 0 Å². The highest BCUT2D eigenvalue weighted by atomic mass is 35.5. The molecule has 1 amide bonds. The molecule has 2 N–H and O–H groups in total. The third-order valence-electron chi connectivity index (χ3n) is 2.66. The highest BCUT2D eigenvalue weighted by Gasteiger charge is 2.19. The quantitative estimate of drug-likeness (QED) is 0.842. The standard InChI is InChI=1S/C11H16N2O2.ClH/c1-7-3-8(2)15-10(7)11(14)13-6-9-4-12-5-9;/h3,9,12H,4-6H2,1-2H3,(H,13,14);1H. The van der Waals surface area contributed by atoms with E-state index in [4.69, 9.17) is 4.42 Å². The van der Waals surface area contributed by atoms with E-state index in [1.54, 1.807) is 0 Å². The first-order valence-electron chi connectivity index (χ1n) is 5.23. The molecule has 4 nitrogen and oxygen atoms in total. The van der Waals surface area contributed by atoms with Gasteiger partial charge in [0, 0.05) is 31.1 Å². The van der Waals surface area contributed by atoms with E-state index in [2.05, 4.69) is 10.6 Å². The maximum Gasteiger partial charge on any atom is 0.287 e. The summed E-state index contributed by atoms with van der Waals surface area (Å²) in [5.41, 5.74) is 0.900. The molecule has 1 saturated heterocycles. The van der Waals surface area contributed by atoms with Gasteiger partial charge in [-0.1, -0.05) is 0 Å². The number of hydrogen-bond acceptors (Lipinski definition) is 3. The molecular weight excluding hydrogens is 228 g/mol. The summed E-state index contributed by atoms with van der Waals surface area (Å²) in [6, 6.07) is 1.87. The van der Waals surface area contributed by atoms with E-state index in [9.17, 15) is 4.79 Å². The first kappa shape index (κ1) is 13.1. The van der Waals surface area contributed by atoms with Crippen LogP contribution in [0, 0.1) is 19.8 Å². The first-order valence-corrected chi connectivity index (χ1v) is 5.23. The van der Waals surface area contributed by atoms with Crippen LogP contribution in [-0.4, -0.2) is 25.5 Å². The fraction of sp³-hybridized carbons (Fsp3) is 0.545. The Morgan fingerprint density at radius 1 is 1.56 bits per heavy atom. The summed E-state index contributed by atoms with van der Waals surface area (Å²) in [6.07, 6.45) is 0. The zero-order chi connectivity index (χ0) is 10.8. The minimum atomic E-state index is -0.104. The van der Waals surface area contributed by atoms with Gasteiger partial charge in [0.2, 0.25) is 0 Å². The lowest BCUT2D eigenvalue weighted by atomic mass is 10.0. The van der Waals surface area contributed by atoms with E-state index in [-0.39, 0.29) is 18.3 Å². The van der Waals surface area contributed by atoms with Crippen molar-refractivity contribution in [2.24, 2.45) is 5.92 Å². The molecule has 0 aliphatic carbocycles. The Bertz CT molecular complexity index is 372. The van der Waals surface area contributed by atoms with Gasteiger partial charge in [-0.25, -0.2) is 0 Å². The Morgan fingerprint density at radius 2 is 2.25 bits per heavy atom. The monoisotopic (exact) mass is 244 g/mol. The predicted molar refractivity (Wildman–Crippen MR) is 64.1 cm³/mol. The van der Waals surface area contributed by atoms with Crippen LogP contribution in [0.15, 0.2) is 10.5 Å². The van der Waals surface area contributed by atoms with Crippen LogP contribution in [0.1, 0.15) is 21.9 Å². The summed E-state index contributed by atoms with van der Waals surface area (Å²) < 4.78 is 5.33. The minimum Gasteiger partial charge on any atom is -0.456 e. The van der Waals surface area contributed by atoms with Crippen molar-refractivity contribution in [2.45, 2.75) is 13.8 Å². The summed E-state index contributed by atoms with van der Waals surface area (Å²) in [6.45, 7) is 6.45. The van der Waals surface area contributed by atoms with Gasteiger partial charge in [0.15, 0.2) is 5.76 Å². The molecule has 1 aromatic heterocycles. The third kappa shape index (κ3) is 2.77. The van der Waals surface area contributed by atoms with Gasteiger partial charge in [-0.05, 0) is 19.9 Å². The number of hydrogen-bond donors (Lipinski definition) is 2. The molecule has 0 radical (unpaired) electrons. The zero-order valence-electron chi connectivity index (χ0n) is 9.50. The molecule has 1 aliphatic heterocycles. The molecule has 1 fully saturated rings.